The topological polar surface area (TPSA) is 62.6 Å². The number of hydrogen-bond donors (Lipinski definition) is 1. The fourth-order valence-corrected chi connectivity index (χ4v) is 2.96. The SMILES string of the molecule is CC1CC1c1ccc(CN(C)C(=O)C2CCC(=O)NC2)o1. The van der Waals surface area contributed by atoms with Gasteiger partial charge in [-0.2, -0.15) is 0 Å². The number of furan rings is 1. The number of amides is 2. The summed E-state index contributed by atoms with van der Waals surface area (Å²) in [5, 5.41) is 2.75. The van der Waals surface area contributed by atoms with Gasteiger partial charge in [0.25, 0.3) is 0 Å². The maximum Gasteiger partial charge on any atom is 0.227 e. The van der Waals surface area contributed by atoms with Crippen molar-refractivity contribution in [1.29, 1.82) is 0 Å². The van der Waals surface area contributed by atoms with E-state index in [9.17, 15) is 9.59 Å². The van der Waals surface area contributed by atoms with Crippen LogP contribution < -0.4 is 5.32 Å². The Kier molecular flexibility index (Phi) is 3.74. The van der Waals surface area contributed by atoms with Gasteiger partial charge in [0, 0.05) is 25.9 Å². The van der Waals surface area contributed by atoms with Gasteiger partial charge in [-0.15, -0.1) is 0 Å². The molecule has 5 nitrogen and oxygen atoms in total. The molecular weight excluding hydrogens is 268 g/mol. The van der Waals surface area contributed by atoms with E-state index in [0.717, 1.165) is 11.5 Å². The summed E-state index contributed by atoms with van der Waals surface area (Å²) in [5.74, 6) is 3.17. The minimum absolute atomic E-state index is 0.0379. The molecule has 2 heterocycles. The third-order valence-corrected chi connectivity index (χ3v) is 4.54. The van der Waals surface area contributed by atoms with Crippen LogP contribution in [0.1, 0.15) is 43.6 Å². The Morgan fingerprint density at radius 2 is 2.24 bits per heavy atom. The molecule has 0 radical (unpaired) electrons. The van der Waals surface area contributed by atoms with Crippen LogP contribution in [0.15, 0.2) is 16.5 Å². The van der Waals surface area contributed by atoms with Gasteiger partial charge in [-0.25, -0.2) is 0 Å². The van der Waals surface area contributed by atoms with Gasteiger partial charge in [0.15, 0.2) is 0 Å². The maximum atomic E-state index is 12.3. The van der Waals surface area contributed by atoms with E-state index in [-0.39, 0.29) is 17.7 Å². The van der Waals surface area contributed by atoms with Gasteiger partial charge in [0.1, 0.15) is 11.5 Å². The molecule has 1 aliphatic carbocycles. The van der Waals surface area contributed by atoms with Crippen LogP contribution in [-0.2, 0) is 16.1 Å². The standard InChI is InChI=1S/C16H22N2O3/c1-10-7-13(10)14-5-4-12(21-14)9-18(2)16(20)11-3-6-15(19)17-8-11/h4-5,10-11,13H,3,6-9H2,1-2H3,(H,17,19). The third-order valence-electron chi connectivity index (χ3n) is 4.54. The summed E-state index contributed by atoms with van der Waals surface area (Å²) >= 11 is 0. The van der Waals surface area contributed by atoms with Crippen LogP contribution in [0.4, 0.5) is 0 Å². The van der Waals surface area contributed by atoms with Gasteiger partial charge in [0.05, 0.1) is 12.5 Å². The van der Waals surface area contributed by atoms with E-state index >= 15 is 0 Å². The first kappa shape index (κ1) is 14.2. The van der Waals surface area contributed by atoms with E-state index in [1.165, 1.54) is 6.42 Å². The number of nitrogens with zero attached hydrogens (tertiary/aromatic N) is 1. The van der Waals surface area contributed by atoms with E-state index in [4.69, 9.17) is 4.42 Å². The molecule has 3 atom stereocenters. The monoisotopic (exact) mass is 290 g/mol. The minimum atomic E-state index is -0.106. The molecule has 1 saturated heterocycles. The molecule has 3 rings (SSSR count). The van der Waals surface area contributed by atoms with Crippen molar-refractivity contribution in [2.24, 2.45) is 11.8 Å². The van der Waals surface area contributed by atoms with Crippen LogP contribution in [0.3, 0.4) is 0 Å². The number of carbonyl (C=O) groups excluding carboxylic acids is 2. The fourth-order valence-electron chi connectivity index (χ4n) is 2.96. The van der Waals surface area contributed by atoms with E-state index in [1.54, 1.807) is 11.9 Å². The largest absolute Gasteiger partial charge is 0.464 e. The lowest BCUT2D eigenvalue weighted by atomic mass is 9.98. The Morgan fingerprint density at radius 1 is 1.48 bits per heavy atom. The van der Waals surface area contributed by atoms with Crippen molar-refractivity contribution in [1.82, 2.24) is 10.2 Å². The van der Waals surface area contributed by atoms with Gasteiger partial charge >= 0.3 is 0 Å². The van der Waals surface area contributed by atoms with Crippen molar-refractivity contribution in [2.45, 2.75) is 38.6 Å². The average molecular weight is 290 g/mol. The molecule has 0 aromatic carbocycles. The summed E-state index contributed by atoms with van der Waals surface area (Å²) in [6.45, 7) is 3.16. The van der Waals surface area contributed by atoms with Crippen LogP contribution in [0, 0.1) is 11.8 Å². The van der Waals surface area contributed by atoms with Crippen LogP contribution in [0.5, 0.6) is 0 Å². The molecule has 21 heavy (non-hydrogen) atoms. The van der Waals surface area contributed by atoms with Gasteiger partial charge < -0.3 is 14.6 Å². The van der Waals surface area contributed by atoms with Gasteiger partial charge in [0.2, 0.25) is 11.8 Å². The first-order valence-corrected chi connectivity index (χ1v) is 7.65. The van der Waals surface area contributed by atoms with Crippen LogP contribution in [0.2, 0.25) is 0 Å². The highest BCUT2D eigenvalue weighted by atomic mass is 16.3. The molecule has 1 aromatic heterocycles. The zero-order valence-electron chi connectivity index (χ0n) is 12.6. The highest BCUT2D eigenvalue weighted by molar-refractivity contribution is 5.83. The second-order valence-corrected chi connectivity index (χ2v) is 6.36. The van der Waals surface area contributed by atoms with Crippen molar-refractivity contribution in [3.8, 4) is 0 Å². The van der Waals surface area contributed by atoms with Crippen LogP contribution in [-0.4, -0.2) is 30.3 Å². The lowest BCUT2D eigenvalue weighted by Gasteiger charge is -2.26. The van der Waals surface area contributed by atoms with Gasteiger partial charge in [-0.3, -0.25) is 9.59 Å². The smallest absolute Gasteiger partial charge is 0.227 e. The normalized spacial score (nSPS) is 28.1. The summed E-state index contributed by atoms with van der Waals surface area (Å²) < 4.78 is 5.84. The number of rotatable bonds is 4. The van der Waals surface area contributed by atoms with Crippen molar-refractivity contribution < 1.29 is 14.0 Å². The third kappa shape index (κ3) is 3.12. The lowest BCUT2D eigenvalue weighted by molar-refractivity contribution is -0.137. The first-order chi connectivity index (χ1) is 10.0. The Hall–Kier alpha value is -1.78. The minimum Gasteiger partial charge on any atom is -0.464 e. The molecule has 0 bridgehead atoms. The molecular formula is C16H22N2O3. The van der Waals surface area contributed by atoms with Crippen LogP contribution >= 0.6 is 0 Å². The molecule has 1 aliphatic heterocycles. The molecule has 0 spiro atoms. The van der Waals surface area contributed by atoms with Crippen molar-refractivity contribution in [3.05, 3.63) is 23.7 Å². The number of carbonyl (C=O) groups is 2. The Labute approximate surface area is 124 Å². The molecule has 2 amide bonds. The summed E-state index contributed by atoms with van der Waals surface area (Å²) in [6.07, 6.45) is 2.27. The molecule has 3 unspecified atom stereocenters. The summed E-state index contributed by atoms with van der Waals surface area (Å²) in [4.78, 5) is 25.2. The van der Waals surface area contributed by atoms with E-state index in [1.807, 2.05) is 12.1 Å². The predicted octanol–water partition coefficient (Wildman–Crippen LogP) is 1.89. The predicted molar refractivity (Wildman–Crippen MR) is 77.4 cm³/mol. The summed E-state index contributed by atoms with van der Waals surface area (Å²) in [7, 11) is 1.79. The molecule has 1 saturated carbocycles. The van der Waals surface area contributed by atoms with Gasteiger partial charge in [-0.05, 0) is 30.9 Å². The van der Waals surface area contributed by atoms with Crippen LogP contribution in [0.25, 0.3) is 0 Å². The highest BCUT2D eigenvalue weighted by Gasteiger charge is 2.36. The second-order valence-electron chi connectivity index (χ2n) is 6.36. The summed E-state index contributed by atoms with van der Waals surface area (Å²) in [5.41, 5.74) is 0. The van der Waals surface area contributed by atoms with Crippen molar-refractivity contribution in [3.63, 3.8) is 0 Å². The summed E-state index contributed by atoms with van der Waals surface area (Å²) in [6, 6.07) is 4.00. The lowest BCUT2D eigenvalue weighted by Crippen LogP contribution is -2.43. The van der Waals surface area contributed by atoms with Crippen molar-refractivity contribution >= 4 is 11.8 Å². The zero-order chi connectivity index (χ0) is 15.0. The molecule has 2 fully saturated rings. The average Bonchev–Trinajstić information content (AvgIpc) is 3.02. The van der Waals surface area contributed by atoms with Crippen molar-refractivity contribution in [2.75, 3.05) is 13.6 Å². The van der Waals surface area contributed by atoms with E-state index < -0.39 is 0 Å². The molecule has 114 valence electrons. The van der Waals surface area contributed by atoms with Gasteiger partial charge in [-0.1, -0.05) is 6.92 Å². The quantitative estimate of drug-likeness (QED) is 0.921. The molecule has 1 N–H and O–H groups in total. The Bertz CT molecular complexity index is 541. The highest BCUT2D eigenvalue weighted by Crippen LogP contribution is 2.47. The molecule has 2 aliphatic rings. The fraction of sp³-hybridized carbons (Fsp3) is 0.625. The molecule has 1 aromatic rings. The number of piperidine rings is 1. The first-order valence-electron chi connectivity index (χ1n) is 7.65. The molecule has 5 heteroatoms. The maximum absolute atomic E-state index is 12.3. The Balaban J connectivity index is 1.55. The zero-order valence-corrected chi connectivity index (χ0v) is 12.6. The van der Waals surface area contributed by atoms with E-state index in [2.05, 4.69) is 12.2 Å². The Morgan fingerprint density at radius 3 is 2.86 bits per heavy atom. The number of nitrogens with one attached hydrogen (secondary N) is 1. The number of hydrogen-bond acceptors (Lipinski definition) is 3. The second kappa shape index (κ2) is 5.54. The van der Waals surface area contributed by atoms with E-state index in [0.29, 0.717) is 37.8 Å².